The number of hydroxylamine groups is 1. The highest BCUT2D eigenvalue weighted by atomic mass is 79.9. The molecular weight excluding hydrogens is 230 g/mol. The summed E-state index contributed by atoms with van der Waals surface area (Å²) in [6, 6.07) is 8.20. The van der Waals surface area contributed by atoms with E-state index >= 15 is 0 Å². The van der Waals surface area contributed by atoms with Gasteiger partial charge in [-0.05, 0) is 36.5 Å². The van der Waals surface area contributed by atoms with E-state index in [4.69, 9.17) is 5.21 Å². The molecule has 0 aromatic heterocycles. The van der Waals surface area contributed by atoms with Gasteiger partial charge in [-0.3, -0.25) is 0 Å². The van der Waals surface area contributed by atoms with Gasteiger partial charge in [0.2, 0.25) is 0 Å². The fraction of sp³-hybridized carbons (Fsp3) is 0.400. The normalized spacial score (nSPS) is 18.6. The summed E-state index contributed by atoms with van der Waals surface area (Å²) in [5.74, 6) is 0.617. The molecule has 0 amide bonds. The van der Waals surface area contributed by atoms with E-state index < -0.39 is 0 Å². The van der Waals surface area contributed by atoms with Crippen LogP contribution in [0.2, 0.25) is 0 Å². The Hall–Kier alpha value is -0.380. The lowest BCUT2D eigenvalue weighted by atomic mass is 10.0. The van der Waals surface area contributed by atoms with Gasteiger partial charge in [-0.15, -0.1) is 0 Å². The van der Waals surface area contributed by atoms with Crippen molar-refractivity contribution >= 4 is 15.9 Å². The van der Waals surface area contributed by atoms with Crippen molar-refractivity contribution in [3.63, 3.8) is 0 Å². The molecule has 0 aliphatic heterocycles. The highest BCUT2D eigenvalue weighted by Gasteiger charge is 2.31. The molecular formula is C10H12BrNO. The van der Waals surface area contributed by atoms with Crippen LogP contribution < -0.4 is 5.48 Å². The van der Waals surface area contributed by atoms with Gasteiger partial charge in [-0.2, -0.15) is 5.48 Å². The summed E-state index contributed by atoms with van der Waals surface area (Å²) in [5.41, 5.74) is 3.54. The van der Waals surface area contributed by atoms with Crippen molar-refractivity contribution in [1.29, 1.82) is 0 Å². The molecule has 1 aromatic carbocycles. The predicted molar refractivity (Wildman–Crippen MR) is 54.5 cm³/mol. The van der Waals surface area contributed by atoms with E-state index in [-0.39, 0.29) is 6.04 Å². The van der Waals surface area contributed by atoms with Crippen LogP contribution in [0.5, 0.6) is 0 Å². The van der Waals surface area contributed by atoms with Gasteiger partial charge in [0.25, 0.3) is 0 Å². The maximum Gasteiger partial charge on any atom is 0.0597 e. The molecule has 1 aromatic rings. The highest BCUT2D eigenvalue weighted by molar-refractivity contribution is 9.10. The second-order valence-electron chi connectivity index (χ2n) is 3.50. The van der Waals surface area contributed by atoms with E-state index in [2.05, 4.69) is 21.4 Å². The minimum absolute atomic E-state index is 0.119. The van der Waals surface area contributed by atoms with Gasteiger partial charge < -0.3 is 5.21 Å². The zero-order valence-electron chi connectivity index (χ0n) is 7.20. The molecule has 70 valence electrons. The number of halogens is 1. The average molecular weight is 242 g/mol. The standard InChI is InChI=1S/C10H12BrNO/c11-9-5-3-8(4-6-9)10(12-13)7-1-2-7/h3-7,10,12-13H,1-2H2. The van der Waals surface area contributed by atoms with Crippen LogP contribution >= 0.6 is 15.9 Å². The topological polar surface area (TPSA) is 32.3 Å². The van der Waals surface area contributed by atoms with Crippen molar-refractivity contribution in [2.45, 2.75) is 18.9 Å². The first-order valence-corrected chi connectivity index (χ1v) is 5.25. The quantitative estimate of drug-likeness (QED) is 0.799. The van der Waals surface area contributed by atoms with Crippen LogP contribution in [0.4, 0.5) is 0 Å². The molecule has 0 bridgehead atoms. The fourth-order valence-electron chi connectivity index (χ4n) is 1.55. The predicted octanol–water partition coefficient (Wildman–Crippen LogP) is 2.88. The van der Waals surface area contributed by atoms with E-state index in [0.717, 1.165) is 10.0 Å². The lowest BCUT2D eigenvalue weighted by Crippen LogP contribution is -2.18. The van der Waals surface area contributed by atoms with Crippen LogP contribution in [0.25, 0.3) is 0 Å². The Kier molecular flexibility index (Phi) is 2.67. The molecule has 2 N–H and O–H groups in total. The third kappa shape index (κ3) is 2.10. The van der Waals surface area contributed by atoms with Gasteiger partial charge in [0.1, 0.15) is 0 Å². The van der Waals surface area contributed by atoms with Gasteiger partial charge in [0.05, 0.1) is 6.04 Å². The van der Waals surface area contributed by atoms with E-state index in [1.54, 1.807) is 0 Å². The van der Waals surface area contributed by atoms with Gasteiger partial charge in [0.15, 0.2) is 0 Å². The molecule has 1 unspecified atom stereocenters. The Morgan fingerprint density at radius 1 is 1.31 bits per heavy atom. The first-order chi connectivity index (χ1) is 6.31. The van der Waals surface area contributed by atoms with E-state index in [1.807, 2.05) is 24.3 Å². The number of nitrogens with one attached hydrogen (secondary N) is 1. The largest absolute Gasteiger partial charge is 0.316 e. The van der Waals surface area contributed by atoms with Crippen LogP contribution in [0, 0.1) is 5.92 Å². The Morgan fingerprint density at radius 2 is 1.92 bits per heavy atom. The molecule has 0 spiro atoms. The smallest absolute Gasteiger partial charge is 0.0597 e. The molecule has 1 aliphatic carbocycles. The van der Waals surface area contributed by atoms with E-state index in [9.17, 15) is 0 Å². The SMILES string of the molecule is ONC(c1ccc(Br)cc1)C1CC1. The molecule has 1 atom stereocenters. The summed E-state index contributed by atoms with van der Waals surface area (Å²) in [5, 5.41) is 9.00. The second-order valence-corrected chi connectivity index (χ2v) is 4.41. The first kappa shape index (κ1) is 9.19. The van der Waals surface area contributed by atoms with Crippen molar-refractivity contribution in [1.82, 2.24) is 5.48 Å². The second kappa shape index (κ2) is 3.78. The molecule has 0 heterocycles. The summed E-state index contributed by atoms with van der Waals surface area (Å²) >= 11 is 3.39. The number of hydrogen-bond donors (Lipinski definition) is 2. The highest BCUT2D eigenvalue weighted by Crippen LogP contribution is 2.40. The summed E-state index contributed by atoms with van der Waals surface area (Å²) in [6.45, 7) is 0. The number of benzene rings is 1. The Balaban J connectivity index is 2.17. The molecule has 3 heteroatoms. The van der Waals surface area contributed by atoms with Crippen LogP contribution in [0.15, 0.2) is 28.7 Å². The zero-order chi connectivity index (χ0) is 9.26. The van der Waals surface area contributed by atoms with Crippen LogP contribution in [-0.4, -0.2) is 5.21 Å². The average Bonchev–Trinajstić information content (AvgIpc) is 2.93. The minimum atomic E-state index is 0.119. The lowest BCUT2D eigenvalue weighted by Gasteiger charge is -2.14. The zero-order valence-corrected chi connectivity index (χ0v) is 8.79. The van der Waals surface area contributed by atoms with Crippen LogP contribution in [0.1, 0.15) is 24.4 Å². The summed E-state index contributed by atoms with van der Waals surface area (Å²) in [6.07, 6.45) is 2.43. The van der Waals surface area contributed by atoms with Crippen molar-refractivity contribution in [2.24, 2.45) is 5.92 Å². The van der Waals surface area contributed by atoms with E-state index in [1.165, 1.54) is 12.8 Å². The lowest BCUT2D eigenvalue weighted by molar-refractivity contribution is 0.116. The molecule has 13 heavy (non-hydrogen) atoms. The third-order valence-electron chi connectivity index (χ3n) is 2.46. The van der Waals surface area contributed by atoms with Gasteiger partial charge in [-0.25, -0.2) is 0 Å². The Bertz CT molecular complexity index is 281. The summed E-state index contributed by atoms with van der Waals surface area (Å²) in [7, 11) is 0. The molecule has 1 aliphatic rings. The number of hydrogen-bond acceptors (Lipinski definition) is 2. The molecule has 2 nitrogen and oxygen atoms in total. The Labute approximate surface area is 86.1 Å². The molecule has 0 saturated heterocycles. The fourth-order valence-corrected chi connectivity index (χ4v) is 1.82. The van der Waals surface area contributed by atoms with Gasteiger partial charge in [-0.1, -0.05) is 28.1 Å². The first-order valence-electron chi connectivity index (χ1n) is 4.46. The van der Waals surface area contributed by atoms with Crippen LogP contribution in [-0.2, 0) is 0 Å². The van der Waals surface area contributed by atoms with Crippen molar-refractivity contribution < 1.29 is 5.21 Å². The summed E-state index contributed by atoms with van der Waals surface area (Å²) in [4.78, 5) is 0. The molecule has 1 fully saturated rings. The van der Waals surface area contributed by atoms with Crippen molar-refractivity contribution in [3.8, 4) is 0 Å². The maximum absolute atomic E-state index is 9.00. The van der Waals surface area contributed by atoms with Crippen LogP contribution in [0.3, 0.4) is 0 Å². The minimum Gasteiger partial charge on any atom is -0.316 e. The van der Waals surface area contributed by atoms with Crippen molar-refractivity contribution in [2.75, 3.05) is 0 Å². The molecule has 2 rings (SSSR count). The van der Waals surface area contributed by atoms with E-state index in [0.29, 0.717) is 5.92 Å². The van der Waals surface area contributed by atoms with Gasteiger partial charge in [0, 0.05) is 4.47 Å². The molecule has 1 saturated carbocycles. The Morgan fingerprint density at radius 3 is 2.38 bits per heavy atom. The monoisotopic (exact) mass is 241 g/mol. The third-order valence-corrected chi connectivity index (χ3v) is 2.99. The maximum atomic E-state index is 9.00. The van der Waals surface area contributed by atoms with Crippen molar-refractivity contribution in [3.05, 3.63) is 34.3 Å². The van der Waals surface area contributed by atoms with Gasteiger partial charge >= 0.3 is 0 Å². The molecule has 0 radical (unpaired) electrons. The number of rotatable bonds is 3. The summed E-state index contributed by atoms with van der Waals surface area (Å²) < 4.78 is 1.07.